The number of nitrogens with zero attached hydrogens (tertiary/aromatic N) is 3. The lowest BCUT2D eigenvalue weighted by Crippen LogP contribution is -2.44. The summed E-state index contributed by atoms with van der Waals surface area (Å²) in [7, 11) is 0. The molecule has 1 unspecified atom stereocenters. The smallest absolute Gasteiger partial charge is 0.260 e. The SMILES string of the molecule is Cc1nccc(C2CN(C(=O)COc3ccc(F)cc3)CCO2)n1. The van der Waals surface area contributed by atoms with E-state index < -0.39 is 0 Å². The van der Waals surface area contributed by atoms with E-state index in [1.165, 1.54) is 24.3 Å². The first kappa shape index (κ1) is 16.3. The summed E-state index contributed by atoms with van der Waals surface area (Å²) >= 11 is 0. The summed E-state index contributed by atoms with van der Waals surface area (Å²) in [5.74, 6) is 0.642. The number of aryl methyl sites for hydroxylation is 1. The molecule has 2 aromatic rings. The molecule has 1 amide bonds. The van der Waals surface area contributed by atoms with E-state index in [9.17, 15) is 9.18 Å². The number of carbonyl (C=O) groups excluding carboxylic acids is 1. The molecule has 7 heteroatoms. The van der Waals surface area contributed by atoms with Gasteiger partial charge in [0.15, 0.2) is 6.61 Å². The Bertz CT molecular complexity index is 708. The van der Waals surface area contributed by atoms with Crippen molar-refractivity contribution in [3.05, 3.63) is 53.9 Å². The highest BCUT2D eigenvalue weighted by Gasteiger charge is 2.26. The quantitative estimate of drug-likeness (QED) is 0.856. The number of rotatable bonds is 4. The number of halogens is 1. The van der Waals surface area contributed by atoms with E-state index in [2.05, 4.69) is 9.97 Å². The maximum absolute atomic E-state index is 12.9. The fourth-order valence-corrected chi connectivity index (χ4v) is 2.48. The first-order chi connectivity index (χ1) is 11.6. The summed E-state index contributed by atoms with van der Waals surface area (Å²) in [5, 5.41) is 0. The van der Waals surface area contributed by atoms with E-state index in [1.54, 1.807) is 17.2 Å². The molecular weight excluding hydrogens is 313 g/mol. The summed E-state index contributed by atoms with van der Waals surface area (Å²) in [6.07, 6.45) is 1.41. The molecule has 0 spiro atoms. The zero-order chi connectivity index (χ0) is 16.9. The minimum absolute atomic E-state index is 0.0961. The van der Waals surface area contributed by atoms with Crippen molar-refractivity contribution in [2.45, 2.75) is 13.0 Å². The van der Waals surface area contributed by atoms with Gasteiger partial charge in [0.25, 0.3) is 5.91 Å². The molecule has 0 radical (unpaired) electrons. The van der Waals surface area contributed by atoms with Gasteiger partial charge in [0.1, 0.15) is 23.5 Å². The number of carbonyl (C=O) groups is 1. The highest BCUT2D eigenvalue weighted by Crippen LogP contribution is 2.20. The summed E-state index contributed by atoms with van der Waals surface area (Å²) in [5.41, 5.74) is 0.763. The predicted octanol–water partition coefficient (Wildman–Crippen LogP) is 1.90. The standard InChI is InChI=1S/C17H18FN3O3/c1-12-19-7-6-15(20-12)16-10-21(8-9-23-16)17(22)11-24-14-4-2-13(18)3-5-14/h2-7,16H,8-11H2,1H3. The molecular formula is C17H18FN3O3. The number of ether oxygens (including phenoxy) is 2. The van der Waals surface area contributed by atoms with Crippen molar-refractivity contribution in [1.82, 2.24) is 14.9 Å². The summed E-state index contributed by atoms with van der Waals surface area (Å²) in [6.45, 7) is 3.08. The number of benzene rings is 1. The topological polar surface area (TPSA) is 64.6 Å². The van der Waals surface area contributed by atoms with E-state index in [1.807, 2.05) is 6.92 Å². The molecule has 2 heterocycles. The Morgan fingerprint density at radius 1 is 1.38 bits per heavy atom. The molecule has 1 atom stereocenters. The summed E-state index contributed by atoms with van der Waals surface area (Å²) < 4.78 is 24.0. The molecule has 1 aromatic heterocycles. The van der Waals surface area contributed by atoms with Crippen molar-refractivity contribution < 1.29 is 18.7 Å². The lowest BCUT2D eigenvalue weighted by Gasteiger charge is -2.32. The van der Waals surface area contributed by atoms with Gasteiger partial charge in [-0.15, -0.1) is 0 Å². The summed E-state index contributed by atoms with van der Waals surface area (Å²) in [4.78, 5) is 22.4. The van der Waals surface area contributed by atoms with E-state index >= 15 is 0 Å². The Morgan fingerprint density at radius 2 is 2.17 bits per heavy atom. The van der Waals surface area contributed by atoms with E-state index in [0.29, 0.717) is 31.3 Å². The van der Waals surface area contributed by atoms with Crippen molar-refractivity contribution >= 4 is 5.91 Å². The van der Waals surface area contributed by atoms with Gasteiger partial charge in [-0.3, -0.25) is 4.79 Å². The van der Waals surface area contributed by atoms with E-state index in [0.717, 1.165) is 5.69 Å². The van der Waals surface area contributed by atoms with Crippen LogP contribution in [0.15, 0.2) is 36.5 Å². The van der Waals surface area contributed by atoms with Crippen LogP contribution >= 0.6 is 0 Å². The third kappa shape index (κ3) is 4.05. The molecule has 0 saturated carbocycles. The van der Waals surface area contributed by atoms with Crippen molar-refractivity contribution in [2.75, 3.05) is 26.3 Å². The third-order valence-electron chi connectivity index (χ3n) is 3.72. The first-order valence-electron chi connectivity index (χ1n) is 7.69. The fourth-order valence-electron chi connectivity index (χ4n) is 2.48. The lowest BCUT2D eigenvalue weighted by molar-refractivity contribution is -0.141. The maximum atomic E-state index is 12.9. The van der Waals surface area contributed by atoms with Crippen LogP contribution in [0.5, 0.6) is 5.75 Å². The van der Waals surface area contributed by atoms with Gasteiger partial charge in [-0.2, -0.15) is 0 Å². The van der Waals surface area contributed by atoms with Crippen LogP contribution in [0, 0.1) is 12.7 Å². The van der Waals surface area contributed by atoms with Gasteiger partial charge in [0.2, 0.25) is 0 Å². The number of hydrogen-bond acceptors (Lipinski definition) is 5. The van der Waals surface area contributed by atoms with Crippen LogP contribution in [0.25, 0.3) is 0 Å². The van der Waals surface area contributed by atoms with Crippen molar-refractivity contribution in [3.8, 4) is 5.75 Å². The second-order valence-corrected chi connectivity index (χ2v) is 5.47. The molecule has 1 fully saturated rings. The molecule has 126 valence electrons. The second-order valence-electron chi connectivity index (χ2n) is 5.47. The van der Waals surface area contributed by atoms with Crippen LogP contribution in [0.1, 0.15) is 17.6 Å². The van der Waals surface area contributed by atoms with Crippen molar-refractivity contribution in [3.63, 3.8) is 0 Å². The third-order valence-corrected chi connectivity index (χ3v) is 3.72. The van der Waals surface area contributed by atoms with Gasteiger partial charge < -0.3 is 14.4 Å². The van der Waals surface area contributed by atoms with Crippen LogP contribution in [0.4, 0.5) is 4.39 Å². The Kier molecular flexibility index (Phi) is 5.00. The van der Waals surface area contributed by atoms with Gasteiger partial charge in [0.05, 0.1) is 18.8 Å². The number of amides is 1. The molecule has 1 aromatic carbocycles. The average Bonchev–Trinajstić information content (AvgIpc) is 2.61. The van der Waals surface area contributed by atoms with Crippen LogP contribution in [-0.2, 0) is 9.53 Å². The normalized spacial score (nSPS) is 17.6. The Morgan fingerprint density at radius 3 is 2.92 bits per heavy atom. The maximum Gasteiger partial charge on any atom is 0.260 e. The molecule has 0 N–H and O–H groups in total. The number of hydrogen-bond donors (Lipinski definition) is 0. The van der Waals surface area contributed by atoms with Gasteiger partial charge >= 0.3 is 0 Å². The molecule has 1 aliphatic rings. The minimum Gasteiger partial charge on any atom is -0.484 e. The van der Waals surface area contributed by atoms with E-state index in [4.69, 9.17) is 9.47 Å². The molecule has 24 heavy (non-hydrogen) atoms. The van der Waals surface area contributed by atoms with Crippen LogP contribution in [-0.4, -0.2) is 47.1 Å². The fraction of sp³-hybridized carbons (Fsp3) is 0.353. The van der Waals surface area contributed by atoms with E-state index in [-0.39, 0.29) is 24.4 Å². The zero-order valence-corrected chi connectivity index (χ0v) is 13.3. The molecule has 6 nitrogen and oxygen atoms in total. The highest BCUT2D eigenvalue weighted by molar-refractivity contribution is 5.77. The van der Waals surface area contributed by atoms with Crippen LogP contribution in [0.3, 0.4) is 0 Å². The van der Waals surface area contributed by atoms with Crippen LogP contribution in [0.2, 0.25) is 0 Å². The Labute approximate surface area is 139 Å². The monoisotopic (exact) mass is 331 g/mol. The Hall–Kier alpha value is -2.54. The number of aromatic nitrogens is 2. The molecule has 0 bridgehead atoms. The predicted molar refractivity (Wildman–Crippen MR) is 83.9 cm³/mol. The number of morpholine rings is 1. The summed E-state index contributed by atoms with van der Waals surface area (Å²) in [6, 6.07) is 7.37. The van der Waals surface area contributed by atoms with Crippen molar-refractivity contribution in [1.29, 1.82) is 0 Å². The minimum atomic E-state index is -0.343. The molecule has 0 aliphatic carbocycles. The van der Waals surface area contributed by atoms with Gasteiger partial charge in [0, 0.05) is 12.7 Å². The Balaban J connectivity index is 1.57. The second kappa shape index (κ2) is 7.35. The molecule has 3 rings (SSSR count). The zero-order valence-electron chi connectivity index (χ0n) is 13.3. The van der Waals surface area contributed by atoms with Crippen LogP contribution < -0.4 is 4.74 Å². The van der Waals surface area contributed by atoms with Gasteiger partial charge in [-0.05, 0) is 37.3 Å². The lowest BCUT2D eigenvalue weighted by atomic mass is 10.2. The highest BCUT2D eigenvalue weighted by atomic mass is 19.1. The largest absolute Gasteiger partial charge is 0.484 e. The molecule has 1 aliphatic heterocycles. The average molecular weight is 331 g/mol. The van der Waals surface area contributed by atoms with Gasteiger partial charge in [-0.25, -0.2) is 14.4 Å². The first-order valence-corrected chi connectivity index (χ1v) is 7.69. The molecule has 1 saturated heterocycles. The van der Waals surface area contributed by atoms with Crippen molar-refractivity contribution in [2.24, 2.45) is 0 Å². The van der Waals surface area contributed by atoms with Gasteiger partial charge in [-0.1, -0.05) is 0 Å².